The number of carbonyl (C=O) groups is 1. The lowest BCUT2D eigenvalue weighted by Gasteiger charge is -2.09. The fraction of sp³-hybridized carbons (Fsp3) is 0.467. The second kappa shape index (κ2) is 10.0. The second-order valence-corrected chi connectivity index (χ2v) is 4.13. The minimum absolute atomic E-state index is 0.263. The number of methoxy groups -OCH3 is 2. The molecule has 0 bridgehead atoms. The third kappa shape index (κ3) is 6.01. The molecule has 0 N–H and O–H groups in total. The first-order valence-corrected chi connectivity index (χ1v) is 6.72. The lowest BCUT2D eigenvalue weighted by molar-refractivity contribution is -0.218. The van der Waals surface area contributed by atoms with Crippen LogP contribution in [0, 0.1) is 6.61 Å². The van der Waals surface area contributed by atoms with Crippen molar-refractivity contribution >= 4 is 5.97 Å². The Morgan fingerprint density at radius 1 is 1.19 bits per heavy atom. The zero-order valence-electron chi connectivity index (χ0n) is 12.6. The lowest BCUT2D eigenvalue weighted by atomic mass is 10.2. The molecular formula is C15H21O6. The van der Waals surface area contributed by atoms with Crippen LogP contribution in [0.2, 0.25) is 0 Å². The van der Waals surface area contributed by atoms with E-state index in [2.05, 4.69) is 16.7 Å². The van der Waals surface area contributed by atoms with Crippen LogP contribution in [0.25, 0.3) is 0 Å². The summed E-state index contributed by atoms with van der Waals surface area (Å²) >= 11 is 0. The van der Waals surface area contributed by atoms with Crippen LogP contribution in [0.4, 0.5) is 0 Å². The van der Waals surface area contributed by atoms with Crippen LogP contribution in [0.5, 0.6) is 11.5 Å². The SMILES string of the molecule is CCCCOC[CH]OOC(=O)c1ccc(OC)c(OC)c1. The molecule has 0 aliphatic heterocycles. The Kier molecular flexibility index (Phi) is 8.23. The highest BCUT2D eigenvalue weighted by Gasteiger charge is 2.12. The highest BCUT2D eigenvalue weighted by molar-refractivity contribution is 5.89. The van der Waals surface area contributed by atoms with Crippen molar-refractivity contribution in [2.75, 3.05) is 27.4 Å². The Morgan fingerprint density at radius 3 is 2.62 bits per heavy atom. The Labute approximate surface area is 124 Å². The molecule has 1 aromatic carbocycles. The van der Waals surface area contributed by atoms with Crippen LogP contribution < -0.4 is 9.47 Å². The monoisotopic (exact) mass is 297 g/mol. The zero-order valence-corrected chi connectivity index (χ0v) is 12.6. The number of hydrogen-bond donors (Lipinski definition) is 0. The van der Waals surface area contributed by atoms with E-state index in [9.17, 15) is 4.79 Å². The van der Waals surface area contributed by atoms with E-state index < -0.39 is 5.97 Å². The molecule has 0 aliphatic carbocycles. The van der Waals surface area contributed by atoms with E-state index in [0.717, 1.165) is 12.8 Å². The minimum atomic E-state index is -0.624. The fourth-order valence-electron chi connectivity index (χ4n) is 1.49. The maximum Gasteiger partial charge on any atom is 0.373 e. The molecule has 0 spiro atoms. The van der Waals surface area contributed by atoms with Gasteiger partial charge in [0.25, 0.3) is 0 Å². The summed E-state index contributed by atoms with van der Waals surface area (Å²) in [6, 6.07) is 4.69. The smallest absolute Gasteiger partial charge is 0.373 e. The lowest BCUT2D eigenvalue weighted by Crippen LogP contribution is -2.08. The normalized spacial score (nSPS) is 10.2. The Bertz CT molecular complexity index is 432. The van der Waals surface area contributed by atoms with E-state index in [4.69, 9.17) is 14.2 Å². The van der Waals surface area contributed by atoms with Crippen LogP contribution in [0.3, 0.4) is 0 Å². The standard InChI is InChI=1S/C15H21O6/c1-4-5-8-19-9-10-20-21-15(16)12-6-7-13(17-2)14(11-12)18-3/h6-7,10-11H,4-5,8-9H2,1-3H3. The molecule has 0 heterocycles. The van der Waals surface area contributed by atoms with Crippen LogP contribution in [-0.2, 0) is 14.5 Å². The number of rotatable bonds is 10. The van der Waals surface area contributed by atoms with Crippen LogP contribution in [0.15, 0.2) is 18.2 Å². The molecule has 21 heavy (non-hydrogen) atoms. The van der Waals surface area contributed by atoms with Gasteiger partial charge in [0.05, 0.1) is 26.4 Å². The van der Waals surface area contributed by atoms with Gasteiger partial charge in [-0.05, 0) is 24.6 Å². The summed E-state index contributed by atoms with van der Waals surface area (Å²) in [5.74, 6) is 0.352. The van der Waals surface area contributed by atoms with Gasteiger partial charge in [0.2, 0.25) is 0 Å². The number of benzene rings is 1. The van der Waals surface area contributed by atoms with Crippen molar-refractivity contribution in [1.29, 1.82) is 0 Å². The first-order chi connectivity index (χ1) is 10.2. The molecule has 0 amide bonds. The van der Waals surface area contributed by atoms with Crippen molar-refractivity contribution in [1.82, 2.24) is 0 Å². The third-order valence-electron chi connectivity index (χ3n) is 2.64. The molecule has 0 unspecified atom stereocenters. The molecule has 0 fully saturated rings. The quantitative estimate of drug-likeness (QED) is 0.376. The average Bonchev–Trinajstić information content (AvgIpc) is 2.53. The van der Waals surface area contributed by atoms with Crippen LogP contribution in [-0.4, -0.2) is 33.4 Å². The van der Waals surface area contributed by atoms with Gasteiger partial charge in [-0.3, -0.25) is 4.89 Å². The summed E-state index contributed by atoms with van der Waals surface area (Å²) in [5.41, 5.74) is 0.299. The number of carbonyl (C=O) groups excluding carboxylic acids is 1. The number of ether oxygens (including phenoxy) is 3. The summed E-state index contributed by atoms with van der Waals surface area (Å²) in [7, 11) is 3.01. The number of unbranched alkanes of at least 4 members (excludes halogenated alkanes) is 1. The first-order valence-electron chi connectivity index (χ1n) is 6.72. The molecule has 1 rings (SSSR count). The Balaban J connectivity index is 2.35. The van der Waals surface area contributed by atoms with Crippen LogP contribution >= 0.6 is 0 Å². The summed E-state index contributed by atoms with van der Waals surface area (Å²) in [4.78, 5) is 21.1. The molecule has 117 valence electrons. The van der Waals surface area contributed by atoms with Gasteiger partial charge in [-0.2, -0.15) is 4.89 Å². The molecule has 0 aromatic heterocycles. The molecular weight excluding hydrogens is 276 g/mol. The van der Waals surface area contributed by atoms with Crippen molar-refractivity contribution in [3.63, 3.8) is 0 Å². The van der Waals surface area contributed by atoms with Crippen molar-refractivity contribution in [2.24, 2.45) is 0 Å². The van der Waals surface area contributed by atoms with Gasteiger partial charge in [-0.1, -0.05) is 13.3 Å². The molecule has 6 nitrogen and oxygen atoms in total. The molecule has 1 radical (unpaired) electrons. The van der Waals surface area contributed by atoms with E-state index in [1.54, 1.807) is 12.1 Å². The largest absolute Gasteiger partial charge is 0.493 e. The molecule has 1 aromatic rings. The Hall–Kier alpha value is -1.79. The topological polar surface area (TPSA) is 63.2 Å². The summed E-state index contributed by atoms with van der Waals surface area (Å²) < 4.78 is 15.4. The van der Waals surface area contributed by atoms with E-state index in [1.165, 1.54) is 26.9 Å². The van der Waals surface area contributed by atoms with Gasteiger partial charge in [0, 0.05) is 6.61 Å². The van der Waals surface area contributed by atoms with E-state index >= 15 is 0 Å². The highest BCUT2D eigenvalue weighted by Crippen LogP contribution is 2.27. The maximum atomic E-state index is 11.7. The number of hydrogen-bond acceptors (Lipinski definition) is 6. The zero-order chi connectivity index (χ0) is 15.5. The van der Waals surface area contributed by atoms with E-state index in [1.807, 2.05) is 0 Å². The highest BCUT2D eigenvalue weighted by atomic mass is 17.2. The van der Waals surface area contributed by atoms with Gasteiger partial charge in [-0.15, -0.1) is 0 Å². The van der Waals surface area contributed by atoms with Gasteiger partial charge in [0.15, 0.2) is 18.1 Å². The van der Waals surface area contributed by atoms with Gasteiger partial charge < -0.3 is 14.2 Å². The van der Waals surface area contributed by atoms with Crippen LogP contribution in [0.1, 0.15) is 30.1 Å². The summed E-state index contributed by atoms with van der Waals surface area (Å²) in [6.07, 6.45) is 2.05. The van der Waals surface area contributed by atoms with Gasteiger partial charge >= 0.3 is 5.97 Å². The van der Waals surface area contributed by atoms with Crippen molar-refractivity contribution in [3.05, 3.63) is 30.4 Å². The van der Waals surface area contributed by atoms with E-state index in [0.29, 0.717) is 23.7 Å². The molecule has 0 aliphatic rings. The van der Waals surface area contributed by atoms with Crippen molar-refractivity contribution in [3.8, 4) is 11.5 Å². The molecule has 0 atom stereocenters. The van der Waals surface area contributed by atoms with Gasteiger partial charge in [0.1, 0.15) is 0 Å². The average molecular weight is 297 g/mol. The van der Waals surface area contributed by atoms with E-state index in [-0.39, 0.29) is 6.61 Å². The van der Waals surface area contributed by atoms with Gasteiger partial charge in [-0.25, -0.2) is 4.79 Å². The predicted molar refractivity (Wildman–Crippen MR) is 76.1 cm³/mol. The second-order valence-electron chi connectivity index (χ2n) is 4.13. The third-order valence-corrected chi connectivity index (χ3v) is 2.64. The first kappa shape index (κ1) is 17.3. The summed E-state index contributed by atoms with van der Waals surface area (Å²) in [5, 5.41) is 0. The van der Waals surface area contributed by atoms with Crippen molar-refractivity contribution < 1.29 is 28.8 Å². The summed E-state index contributed by atoms with van der Waals surface area (Å²) in [6.45, 7) is 4.28. The predicted octanol–water partition coefficient (Wildman–Crippen LogP) is 2.77. The maximum absolute atomic E-state index is 11.7. The molecule has 0 saturated heterocycles. The fourth-order valence-corrected chi connectivity index (χ4v) is 1.49. The minimum Gasteiger partial charge on any atom is -0.493 e. The van der Waals surface area contributed by atoms with Crippen molar-refractivity contribution in [2.45, 2.75) is 19.8 Å². The molecule has 0 saturated carbocycles. The Morgan fingerprint density at radius 2 is 1.95 bits per heavy atom. The molecule has 6 heteroatoms.